The highest BCUT2D eigenvalue weighted by Gasteiger charge is 2.13. The van der Waals surface area contributed by atoms with Gasteiger partial charge in [-0.2, -0.15) is 0 Å². The van der Waals surface area contributed by atoms with E-state index in [2.05, 4.69) is 16.2 Å². The van der Waals surface area contributed by atoms with Gasteiger partial charge in [-0.1, -0.05) is 17.7 Å². The van der Waals surface area contributed by atoms with Gasteiger partial charge in [0.1, 0.15) is 0 Å². The largest absolute Gasteiger partial charge is 0.456 e. The summed E-state index contributed by atoms with van der Waals surface area (Å²) in [4.78, 5) is 57.1. The van der Waals surface area contributed by atoms with Crippen LogP contribution in [0.15, 0.2) is 48.5 Å². The number of nitrogens with one attached hydrogen (secondary N) is 3. The van der Waals surface area contributed by atoms with E-state index in [1.165, 1.54) is 42.5 Å². The Labute approximate surface area is 180 Å². The van der Waals surface area contributed by atoms with Crippen molar-refractivity contribution in [1.29, 1.82) is 0 Å². The predicted molar refractivity (Wildman–Crippen MR) is 109 cm³/mol. The molecule has 0 aromatic heterocycles. The van der Waals surface area contributed by atoms with Gasteiger partial charge in [-0.15, -0.1) is 0 Å². The van der Waals surface area contributed by atoms with Crippen molar-refractivity contribution in [3.8, 4) is 0 Å². The van der Waals surface area contributed by atoms with Crippen molar-refractivity contribution in [2.24, 2.45) is 0 Å². The normalized spacial score (nSPS) is 9.97. The number of nitrogens with zero attached hydrogens (tertiary/aromatic N) is 1. The number of hydrogen-bond donors (Lipinski definition) is 3. The fourth-order valence-electron chi connectivity index (χ4n) is 2.19. The zero-order valence-corrected chi connectivity index (χ0v) is 16.7. The number of benzene rings is 2. The number of nitro groups is 1. The van der Waals surface area contributed by atoms with Crippen LogP contribution in [0.3, 0.4) is 0 Å². The van der Waals surface area contributed by atoms with E-state index in [0.29, 0.717) is 5.02 Å². The number of hydrazine groups is 1. The van der Waals surface area contributed by atoms with E-state index in [9.17, 15) is 29.3 Å². The first-order valence-electron chi connectivity index (χ1n) is 8.79. The summed E-state index contributed by atoms with van der Waals surface area (Å²) >= 11 is 5.72. The molecule has 3 amide bonds. The van der Waals surface area contributed by atoms with Crippen LogP contribution in [0.1, 0.15) is 23.2 Å². The van der Waals surface area contributed by atoms with Crippen LogP contribution >= 0.6 is 11.6 Å². The van der Waals surface area contributed by atoms with Crippen LogP contribution in [-0.4, -0.2) is 35.2 Å². The number of hydrogen-bond acceptors (Lipinski definition) is 7. The molecule has 162 valence electrons. The van der Waals surface area contributed by atoms with E-state index in [-0.39, 0.29) is 29.8 Å². The molecule has 0 radical (unpaired) electrons. The molecule has 12 heteroatoms. The number of rotatable bonds is 8. The van der Waals surface area contributed by atoms with Crippen molar-refractivity contribution in [3.05, 3.63) is 69.2 Å². The molecule has 0 aliphatic rings. The van der Waals surface area contributed by atoms with E-state index in [4.69, 9.17) is 16.3 Å². The van der Waals surface area contributed by atoms with Gasteiger partial charge in [0.2, 0.25) is 5.91 Å². The van der Waals surface area contributed by atoms with Gasteiger partial charge in [-0.3, -0.25) is 40.1 Å². The van der Waals surface area contributed by atoms with Gasteiger partial charge < -0.3 is 10.1 Å². The zero-order chi connectivity index (χ0) is 22.8. The SMILES string of the molecule is O=C(CCC(=O)OCC(=O)Nc1cccc([N+](=O)[O-])c1)NNC(=O)c1ccc(Cl)cc1. The molecule has 0 unspecified atom stereocenters. The number of carbonyl (C=O) groups excluding carboxylic acids is 4. The van der Waals surface area contributed by atoms with Crippen LogP contribution in [-0.2, 0) is 19.1 Å². The molecule has 11 nitrogen and oxygen atoms in total. The van der Waals surface area contributed by atoms with Gasteiger partial charge in [0.15, 0.2) is 6.61 Å². The lowest BCUT2D eigenvalue weighted by atomic mass is 10.2. The lowest BCUT2D eigenvalue weighted by molar-refractivity contribution is -0.384. The van der Waals surface area contributed by atoms with Crippen molar-refractivity contribution in [3.63, 3.8) is 0 Å². The van der Waals surface area contributed by atoms with Crippen LogP contribution in [0.5, 0.6) is 0 Å². The second kappa shape index (κ2) is 11.3. The van der Waals surface area contributed by atoms with Crippen LogP contribution in [0.25, 0.3) is 0 Å². The summed E-state index contributed by atoms with van der Waals surface area (Å²) < 4.78 is 4.75. The maximum atomic E-state index is 11.8. The average molecular weight is 449 g/mol. The molecule has 3 N–H and O–H groups in total. The van der Waals surface area contributed by atoms with E-state index in [0.717, 1.165) is 6.07 Å². The Balaban J connectivity index is 1.66. The molecule has 0 atom stereocenters. The fourth-order valence-corrected chi connectivity index (χ4v) is 2.32. The topological polar surface area (TPSA) is 157 Å². The van der Waals surface area contributed by atoms with Gasteiger partial charge in [0.05, 0.1) is 11.3 Å². The fraction of sp³-hybridized carbons (Fsp3) is 0.158. The first kappa shape index (κ1) is 23.3. The highest BCUT2D eigenvalue weighted by atomic mass is 35.5. The molecule has 0 aliphatic carbocycles. The van der Waals surface area contributed by atoms with Crippen molar-refractivity contribution < 1.29 is 28.8 Å². The monoisotopic (exact) mass is 448 g/mol. The summed E-state index contributed by atoms with van der Waals surface area (Å²) in [6.45, 7) is -0.629. The summed E-state index contributed by atoms with van der Waals surface area (Å²) in [5, 5.41) is 13.5. The van der Waals surface area contributed by atoms with E-state index < -0.39 is 35.2 Å². The Morgan fingerprint density at radius 1 is 0.968 bits per heavy atom. The van der Waals surface area contributed by atoms with Crippen LogP contribution in [0, 0.1) is 10.1 Å². The molecule has 0 bridgehead atoms. The minimum atomic E-state index is -0.812. The molecule has 0 saturated heterocycles. The lowest BCUT2D eigenvalue weighted by Gasteiger charge is -2.08. The number of non-ortho nitro benzene ring substituents is 1. The Morgan fingerprint density at radius 3 is 2.35 bits per heavy atom. The molecule has 0 spiro atoms. The number of carbonyl (C=O) groups is 4. The Hall–Kier alpha value is -3.99. The number of ether oxygens (including phenoxy) is 1. The number of halogens is 1. The first-order valence-corrected chi connectivity index (χ1v) is 9.17. The molecule has 2 aromatic carbocycles. The standard InChI is InChI=1S/C19H17ClN4O7/c20-13-6-4-12(5-7-13)19(28)23-22-16(25)8-9-18(27)31-11-17(26)21-14-2-1-3-15(10-14)24(29)30/h1-7,10H,8-9,11H2,(H,21,26)(H,22,25)(H,23,28). The number of nitro benzene ring substituents is 1. The predicted octanol–water partition coefficient (Wildman–Crippen LogP) is 1.97. The van der Waals surface area contributed by atoms with E-state index in [1.807, 2.05) is 0 Å². The number of esters is 1. The molecular formula is C19H17ClN4O7. The molecule has 31 heavy (non-hydrogen) atoms. The van der Waals surface area contributed by atoms with Crippen LogP contribution in [0.4, 0.5) is 11.4 Å². The van der Waals surface area contributed by atoms with Gasteiger partial charge in [-0.05, 0) is 30.3 Å². The van der Waals surface area contributed by atoms with E-state index >= 15 is 0 Å². The summed E-state index contributed by atoms with van der Waals surface area (Å²) in [7, 11) is 0. The van der Waals surface area contributed by atoms with Gasteiger partial charge >= 0.3 is 5.97 Å². The Morgan fingerprint density at radius 2 is 1.68 bits per heavy atom. The second-order valence-corrected chi connectivity index (χ2v) is 6.46. The maximum absolute atomic E-state index is 11.8. The molecule has 0 saturated carbocycles. The highest BCUT2D eigenvalue weighted by molar-refractivity contribution is 6.30. The highest BCUT2D eigenvalue weighted by Crippen LogP contribution is 2.16. The molecule has 0 fully saturated rings. The zero-order valence-electron chi connectivity index (χ0n) is 15.9. The van der Waals surface area contributed by atoms with Crippen LogP contribution in [0.2, 0.25) is 5.02 Å². The summed E-state index contributed by atoms with van der Waals surface area (Å²) in [5.41, 5.74) is 4.58. The van der Waals surface area contributed by atoms with Crippen molar-refractivity contribution >= 4 is 46.7 Å². The number of anilines is 1. The van der Waals surface area contributed by atoms with Crippen LogP contribution < -0.4 is 16.2 Å². The third-order valence-corrected chi connectivity index (χ3v) is 3.94. The minimum absolute atomic E-state index is 0.172. The second-order valence-electron chi connectivity index (χ2n) is 6.03. The summed E-state index contributed by atoms with van der Waals surface area (Å²) in [5.74, 6) is -2.72. The smallest absolute Gasteiger partial charge is 0.306 e. The molecular weight excluding hydrogens is 432 g/mol. The molecule has 0 heterocycles. The van der Waals surface area contributed by atoms with E-state index in [1.54, 1.807) is 0 Å². The molecule has 2 aromatic rings. The van der Waals surface area contributed by atoms with Gasteiger partial charge in [0, 0.05) is 34.8 Å². The molecule has 0 aliphatic heterocycles. The quantitative estimate of drug-likeness (QED) is 0.316. The third-order valence-electron chi connectivity index (χ3n) is 3.68. The summed E-state index contributed by atoms with van der Waals surface area (Å²) in [6, 6.07) is 11.2. The number of amides is 3. The third kappa shape index (κ3) is 8.11. The average Bonchev–Trinajstić information content (AvgIpc) is 2.75. The maximum Gasteiger partial charge on any atom is 0.306 e. The van der Waals surface area contributed by atoms with Crippen molar-refractivity contribution in [2.75, 3.05) is 11.9 Å². The Kier molecular flexibility index (Phi) is 8.46. The molecule has 2 rings (SSSR count). The van der Waals surface area contributed by atoms with Gasteiger partial charge in [-0.25, -0.2) is 0 Å². The lowest BCUT2D eigenvalue weighted by Crippen LogP contribution is -2.41. The van der Waals surface area contributed by atoms with Crippen molar-refractivity contribution in [1.82, 2.24) is 10.9 Å². The Bertz CT molecular complexity index is 995. The van der Waals surface area contributed by atoms with Crippen molar-refractivity contribution in [2.45, 2.75) is 12.8 Å². The minimum Gasteiger partial charge on any atom is -0.456 e. The summed E-state index contributed by atoms with van der Waals surface area (Å²) in [6.07, 6.45) is -0.612. The van der Waals surface area contributed by atoms with Gasteiger partial charge in [0.25, 0.3) is 17.5 Å². The first-order chi connectivity index (χ1) is 14.7.